The predicted molar refractivity (Wildman–Crippen MR) is 98.7 cm³/mol. The molecule has 0 radical (unpaired) electrons. The van der Waals surface area contributed by atoms with Gasteiger partial charge in [-0.1, -0.05) is 6.92 Å². The number of aromatic nitrogens is 1. The summed E-state index contributed by atoms with van der Waals surface area (Å²) in [5, 5.41) is 0. The minimum atomic E-state index is -3.62. The summed E-state index contributed by atoms with van der Waals surface area (Å²) in [5.74, 6) is 0.794. The van der Waals surface area contributed by atoms with Crippen LogP contribution in [0.15, 0.2) is 47.6 Å². The smallest absolute Gasteiger partial charge is 0.240 e. The third kappa shape index (κ3) is 4.23. The van der Waals surface area contributed by atoms with Gasteiger partial charge in [-0.05, 0) is 54.3 Å². The molecule has 1 N–H and O–H groups in total. The minimum Gasteiger partial charge on any atom is -0.496 e. The molecule has 3 rings (SSSR count). The van der Waals surface area contributed by atoms with E-state index in [4.69, 9.17) is 9.47 Å². The largest absolute Gasteiger partial charge is 0.496 e. The molecule has 2 atom stereocenters. The van der Waals surface area contributed by atoms with Crippen LogP contribution in [-0.4, -0.2) is 39.8 Å². The Morgan fingerprint density at radius 2 is 2.00 bits per heavy atom. The molecule has 1 fully saturated rings. The van der Waals surface area contributed by atoms with Gasteiger partial charge in [-0.3, -0.25) is 4.98 Å². The lowest BCUT2D eigenvalue weighted by molar-refractivity contribution is 0.183. The topological polar surface area (TPSA) is 77.5 Å². The number of sulfonamides is 1. The third-order valence-electron chi connectivity index (χ3n) is 4.70. The molecule has 2 heterocycles. The van der Waals surface area contributed by atoms with Gasteiger partial charge in [0.15, 0.2) is 0 Å². The summed E-state index contributed by atoms with van der Waals surface area (Å²) >= 11 is 0. The lowest BCUT2D eigenvalue weighted by Crippen LogP contribution is -2.40. The Hall–Kier alpha value is -1.96. The van der Waals surface area contributed by atoms with E-state index >= 15 is 0 Å². The lowest BCUT2D eigenvalue weighted by atomic mass is 9.96. The van der Waals surface area contributed by atoms with E-state index in [0.29, 0.717) is 25.4 Å². The van der Waals surface area contributed by atoms with E-state index in [0.717, 1.165) is 17.5 Å². The molecule has 1 aromatic heterocycles. The first-order valence-corrected chi connectivity index (χ1v) is 10.2. The molecule has 7 heteroatoms. The fraction of sp³-hybridized carbons (Fsp3) is 0.421. The summed E-state index contributed by atoms with van der Waals surface area (Å²) in [4.78, 5) is 4.27. The summed E-state index contributed by atoms with van der Waals surface area (Å²) in [7, 11) is -2.04. The molecule has 0 saturated carbocycles. The first-order chi connectivity index (χ1) is 12.5. The molecular formula is C19H24N2O4S. The number of nitrogens with zero attached hydrogens (tertiary/aromatic N) is 1. The van der Waals surface area contributed by atoms with Crippen LogP contribution in [0.3, 0.4) is 0 Å². The molecule has 140 valence electrons. The average molecular weight is 376 g/mol. The van der Waals surface area contributed by atoms with Gasteiger partial charge >= 0.3 is 0 Å². The van der Waals surface area contributed by atoms with Crippen molar-refractivity contribution in [1.82, 2.24) is 9.71 Å². The number of methoxy groups -OCH3 is 1. The van der Waals surface area contributed by atoms with E-state index < -0.39 is 10.0 Å². The maximum atomic E-state index is 12.8. The minimum absolute atomic E-state index is 0.0936. The molecule has 1 aliphatic heterocycles. The molecule has 6 nitrogen and oxygen atoms in total. The Kier molecular flexibility index (Phi) is 5.90. The van der Waals surface area contributed by atoms with E-state index in [1.54, 1.807) is 37.7 Å². The molecule has 1 saturated heterocycles. The molecular weight excluding hydrogens is 352 g/mol. The van der Waals surface area contributed by atoms with Gasteiger partial charge in [0.1, 0.15) is 5.75 Å². The van der Waals surface area contributed by atoms with Gasteiger partial charge in [-0.25, -0.2) is 13.1 Å². The van der Waals surface area contributed by atoms with Gasteiger partial charge in [0.25, 0.3) is 0 Å². The second-order valence-corrected chi connectivity index (χ2v) is 8.13. The molecule has 0 amide bonds. The van der Waals surface area contributed by atoms with Crippen LogP contribution >= 0.6 is 0 Å². The van der Waals surface area contributed by atoms with Crippen LogP contribution in [0.2, 0.25) is 0 Å². The Balaban J connectivity index is 1.76. The molecule has 26 heavy (non-hydrogen) atoms. The van der Waals surface area contributed by atoms with E-state index in [1.807, 2.05) is 19.1 Å². The molecule has 0 spiro atoms. The van der Waals surface area contributed by atoms with Crippen LogP contribution in [0, 0.1) is 5.92 Å². The second kappa shape index (κ2) is 8.16. The molecule has 2 aromatic rings. The number of pyridine rings is 1. The molecule has 1 aliphatic rings. The number of benzene rings is 1. The van der Waals surface area contributed by atoms with Crippen LogP contribution in [-0.2, 0) is 27.6 Å². The first kappa shape index (κ1) is 18.8. The van der Waals surface area contributed by atoms with E-state index in [-0.39, 0.29) is 16.9 Å². The van der Waals surface area contributed by atoms with Crippen LogP contribution in [0.5, 0.6) is 5.75 Å². The standard InChI is InChI=1S/C19H24N2O4S/c1-3-15-11-17(4-5-19(15)24-2)26(22,23)21-18-13-25-12-16(18)10-14-6-8-20-9-7-14/h4-9,11,16,18,21H,3,10,12-13H2,1-2H3/t16-,18-/m1/s1. The summed E-state index contributed by atoms with van der Waals surface area (Å²) in [6, 6.07) is 8.60. The highest BCUT2D eigenvalue weighted by Gasteiger charge is 2.32. The monoisotopic (exact) mass is 376 g/mol. The third-order valence-corrected chi connectivity index (χ3v) is 6.18. The summed E-state index contributed by atoms with van der Waals surface area (Å²) in [6.07, 6.45) is 4.93. The Morgan fingerprint density at radius 3 is 2.69 bits per heavy atom. The van der Waals surface area contributed by atoms with Crippen molar-refractivity contribution in [3.63, 3.8) is 0 Å². The van der Waals surface area contributed by atoms with Gasteiger partial charge in [0, 0.05) is 18.3 Å². The molecule has 0 unspecified atom stereocenters. The average Bonchev–Trinajstić information content (AvgIpc) is 3.07. The van der Waals surface area contributed by atoms with E-state index in [1.165, 1.54) is 0 Å². The van der Waals surface area contributed by atoms with Gasteiger partial charge in [0.05, 0.1) is 31.3 Å². The Bertz CT molecular complexity index is 840. The Morgan fingerprint density at radius 1 is 1.23 bits per heavy atom. The number of hydrogen-bond acceptors (Lipinski definition) is 5. The number of ether oxygens (including phenoxy) is 2. The maximum absolute atomic E-state index is 12.8. The zero-order valence-electron chi connectivity index (χ0n) is 15.0. The van der Waals surface area contributed by atoms with Gasteiger partial charge < -0.3 is 9.47 Å². The van der Waals surface area contributed by atoms with Crippen LogP contribution in [0.25, 0.3) is 0 Å². The quantitative estimate of drug-likeness (QED) is 0.801. The summed E-state index contributed by atoms with van der Waals surface area (Å²) in [6.45, 7) is 2.89. The van der Waals surface area contributed by atoms with Crippen molar-refractivity contribution >= 4 is 10.0 Å². The van der Waals surface area contributed by atoms with Crippen LogP contribution in [0.4, 0.5) is 0 Å². The SMILES string of the molecule is CCc1cc(S(=O)(=O)N[C@@H]2COC[C@H]2Cc2ccncc2)ccc1OC. The predicted octanol–water partition coefficient (Wildman–Crippen LogP) is 2.19. The fourth-order valence-electron chi connectivity index (χ4n) is 3.22. The van der Waals surface area contributed by atoms with Crippen molar-refractivity contribution in [3.05, 3.63) is 53.9 Å². The highest BCUT2D eigenvalue weighted by molar-refractivity contribution is 7.89. The zero-order valence-corrected chi connectivity index (χ0v) is 15.8. The van der Waals surface area contributed by atoms with Gasteiger partial charge in [-0.15, -0.1) is 0 Å². The van der Waals surface area contributed by atoms with Crippen molar-refractivity contribution in [1.29, 1.82) is 0 Å². The fourth-order valence-corrected chi connectivity index (χ4v) is 4.56. The summed E-state index contributed by atoms with van der Waals surface area (Å²) in [5.41, 5.74) is 1.99. The normalized spacial score (nSPS) is 20.2. The van der Waals surface area contributed by atoms with Gasteiger partial charge in [-0.2, -0.15) is 0 Å². The number of hydrogen-bond donors (Lipinski definition) is 1. The van der Waals surface area contributed by atoms with Gasteiger partial charge in [0.2, 0.25) is 10.0 Å². The summed E-state index contributed by atoms with van der Waals surface area (Å²) < 4.78 is 39.3. The second-order valence-electron chi connectivity index (χ2n) is 6.41. The first-order valence-electron chi connectivity index (χ1n) is 8.69. The van der Waals surface area contributed by atoms with Crippen LogP contribution in [0.1, 0.15) is 18.1 Å². The highest BCUT2D eigenvalue weighted by atomic mass is 32.2. The van der Waals surface area contributed by atoms with E-state index in [2.05, 4.69) is 9.71 Å². The van der Waals surface area contributed by atoms with Crippen LogP contribution < -0.4 is 9.46 Å². The number of aryl methyl sites for hydroxylation is 1. The highest BCUT2D eigenvalue weighted by Crippen LogP contribution is 2.25. The van der Waals surface area contributed by atoms with Crippen molar-refractivity contribution in [3.8, 4) is 5.75 Å². The Labute approximate surface area is 154 Å². The van der Waals surface area contributed by atoms with Crippen molar-refractivity contribution < 1.29 is 17.9 Å². The van der Waals surface area contributed by atoms with Crippen molar-refractivity contribution in [2.75, 3.05) is 20.3 Å². The van der Waals surface area contributed by atoms with Crippen molar-refractivity contribution in [2.45, 2.75) is 30.7 Å². The number of rotatable bonds is 7. The molecule has 0 aliphatic carbocycles. The molecule has 0 bridgehead atoms. The molecule has 1 aromatic carbocycles. The lowest BCUT2D eigenvalue weighted by Gasteiger charge is -2.19. The zero-order chi connectivity index (χ0) is 18.6. The van der Waals surface area contributed by atoms with E-state index in [9.17, 15) is 8.42 Å². The van der Waals surface area contributed by atoms with Crippen molar-refractivity contribution in [2.24, 2.45) is 5.92 Å². The maximum Gasteiger partial charge on any atom is 0.240 e. The number of nitrogens with one attached hydrogen (secondary N) is 1.